The number of anilines is 1. The van der Waals surface area contributed by atoms with E-state index in [-0.39, 0.29) is 0 Å². The third kappa shape index (κ3) is 3.40. The van der Waals surface area contributed by atoms with Crippen molar-refractivity contribution in [1.82, 2.24) is 9.97 Å². The summed E-state index contributed by atoms with van der Waals surface area (Å²) in [6.45, 7) is 0.493. The highest BCUT2D eigenvalue weighted by Crippen LogP contribution is 2.29. The lowest BCUT2D eigenvalue weighted by molar-refractivity contribution is 0.363. The van der Waals surface area contributed by atoms with Crippen LogP contribution in [0.2, 0.25) is 0 Å². The van der Waals surface area contributed by atoms with Crippen LogP contribution in [0.5, 0.6) is 11.8 Å². The van der Waals surface area contributed by atoms with Crippen molar-refractivity contribution in [2.45, 2.75) is 6.54 Å². The molecule has 0 unspecified atom stereocenters. The first-order valence-electron chi connectivity index (χ1n) is 5.76. The molecule has 1 aromatic carbocycles. The van der Waals surface area contributed by atoms with Crippen LogP contribution in [0.1, 0.15) is 5.56 Å². The molecule has 0 spiro atoms. The van der Waals surface area contributed by atoms with E-state index in [2.05, 4.69) is 47.1 Å². The van der Waals surface area contributed by atoms with Crippen LogP contribution in [-0.2, 0) is 6.54 Å². The van der Waals surface area contributed by atoms with Gasteiger partial charge >= 0.3 is 0 Å². The fourth-order valence-electron chi connectivity index (χ4n) is 1.70. The maximum absolute atomic E-state index is 5.24. The Morgan fingerprint density at radius 2 is 1.75 bits per heavy atom. The van der Waals surface area contributed by atoms with E-state index in [9.17, 15) is 0 Å². The van der Waals surface area contributed by atoms with Crippen LogP contribution in [0.4, 0.5) is 5.69 Å². The monoisotopic (exact) mass is 401 g/mol. The second-order valence-electron chi connectivity index (χ2n) is 3.85. The molecule has 0 bridgehead atoms. The van der Waals surface area contributed by atoms with Crippen LogP contribution in [0.15, 0.2) is 33.5 Å². The minimum absolute atomic E-state index is 0.493. The third-order valence-corrected chi connectivity index (χ3v) is 3.79. The first kappa shape index (κ1) is 15.1. The van der Waals surface area contributed by atoms with E-state index in [4.69, 9.17) is 9.47 Å². The number of nitrogens with zero attached hydrogens (tertiary/aromatic N) is 2. The maximum atomic E-state index is 5.24. The average molecular weight is 403 g/mol. The number of methoxy groups -OCH3 is 2. The van der Waals surface area contributed by atoms with Gasteiger partial charge in [0.15, 0.2) is 0 Å². The van der Waals surface area contributed by atoms with Gasteiger partial charge in [0.05, 0.1) is 26.3 Å². The summed E-state index contributed by atoms with van der Waals surface area (Å²) in [6.07, 6.45) is 1.41. The fraction of sp³-hybridized carbons (Fsp3) is 0.231. The van der Waals surface area contributed by atoms with Crippen molar-refractivity contribution in [1.29, 1.82) is 0 Å². The Hall–Kier alpha value is -1.34. The largest absolute Gasteiger partial charge is 0.481 e. The summed E-state index contributed by atoms with van der Waals surface area (Å²) < 4.78 is 12.4. The number of aromatic nitrogens is 2. The molecule has 5 nitrogen and oxygen atoms in total. The van der Waals surface area contributed by atoms with Crippen LogP contribution in [0.3, 0.4) is 0 Å². The number of rotatable bonds is 5. The van der Waals surface area contributed by atoms with Crippen molar-refractivity contribution in [2.75, 3.05) is 19.5 Å². The van der Waals surface area contributed by atoms with Gasteiger partial charge in [-0.1, -0.05) is 15.9 Å². The maximum Gasteiger partial charge on any atom is 0.225 e. The van der Waals surface area contributed by atoms with Crippen molar-refractivity contribution in [3.05, 3.63) is 39.0 Å². The van der Waals surface area contributed by atoms with Gasteiger partial charge in [0, 0.05) is 14.6 Å². The summed E-state index contributed by atoms with van der Waals surface area (Å²) in [5.41, 5.74) is 1.73. The Bertz CT molecular complexity index is 586. The lowest BCUT2D eigenvalue weighted by Crippen LogP contribution is -2.07. The molecule has 7 heteroatoms. The zero-order chi connectivity index (χ0) is 14.5. The minimum atomic E-state index is 0.493. The van der Waals surface area contributed by atoms with Gasteiger partial charge in [-0.2, -0.15) is 0 Å². The number of ether oxygens (including phenoxy) is 2. The summed E-state index contributed by atoms with van der Waals surface area (Å²) in [5.74, 6) is 0.996. The number of hydrogen-bond donors (Lipinski definition) is 1. The summed E-state index contributed by atoms with van der Waals surface area (Å²) in [4.78, 5) is 8.16. The molecule has 106 valence electrons. The second kappa shape index (κ2) is 6.90. The Kier molecular flexibility index (Phi) is 5.19. The predicted molar refractivity (Wildman–Crippen MR) is 84.3 cm³/mol. The Morgan fingerprint density at radius 1 is 1.10 bits per heavy atom. The summed E-state index contributed by atoms with van der Waals surface area (Å²) in [6, 6.07) is 5.90. The fourth-order valence-corrected chi connectivity index (χ4v) is 2.89. The lowest BCUT2D eigenvalue weighted by atomic mass is 10.2. The molecule has 0 fully saturated rings. The molecule has 1 N–H and O–H groups in total. The van der Waals surface area contributed by atoms with Crippen molar-refractivity contribution in [3.8, 4) is 11.8 Å². The van der Waals surface area contributed by atoms with Crippen LogP contribution >= 0.6 is 31.9 Å². The number of nitrogens with one attached hydrogen (secondary N) is 1. The summed E-state index contributed by atoms with van der Waals surface area (Å²) >= 11 is 6.93. The normalized spacial score (nSPS) is 10.2. The summed E-state index contributed by atoms with van der Waals surface area (Å²) in [5, 5.41) is 3.30. The summed E-state index contributed by atoms with van der Waals surface area (Å²) in [7, 11) is 3.14. The molecule has 0 saturated carbocycles. The zero-order valence-corrected chi connectivity index (χ0v) is 14.2. The number of hydrogen-bond acceptors (Lipinski definition) is 5. The highest BCUT2D eigenvalue weighted by atomic mass is 79.9. The molecule has 2 aromatic rings. The van der Waals surface area contributed by atoms with Crippen molar-refractivity contribution >= 4 is 37.5 Å². The highest BCUT2D eigenvalue weighted by Gasteiger charge is 2.13. The third-order valence-electron chi connectivity index (χ3n) is 2.64. The first-order valence-corrected chi connectivity index (χ1v) is 7.35. The van der Waals surface area contributed by atoms with Crippen molar-refractivity contribution in [2.24, 2.45) is 0 Å². The molecule has 1 aromatic heterocycles. The molecular weight excluding hydrogens is 390 g/mol. The molecule has 0 saturated heterocycles. The van der Waals surface area contributed by atoms with Gasteiger partial charge in [0.1, 0.15) is 6.33 Å². The minimum Gasteiger partial charge on any atom is -0.481 e. The van der Waals surface area contributed by atoms with Crippen molar-refractivity contribution < 1.29 is 9.47 Å². The Labute approximate surface area is 134 Å². The van der Waals surface area contributed by atoms with Gasteiger partial charge in [-0.05, 0) is 34.1 Å². The van der Waals surface area contributed by atoms with Gasteiger partial charge in [-0.25, -0.2) is 9.97 Å². The SMILES string of the molecule is COc1ncnc(OC)c1CNc1ccc(Br)cc1Br. The van der Waals surface area contributed by atoms with E-state index in [0.29, 0.717) is 18.3 Å². The van der Waals surface area contributed by atoms with Crippen LogP contribution in [0.25, 0.3) is 0 Å². The molecular formula is C13H13Br2N3O2. The topological polar surface area (TPSA) is 56.3 Å². The Balaban J connectivity index is 2.22. The Morgan fingerprint density at radius 3 is 2.30 bits per heavy atom. The smallest absolute Gasteiger partial charge is 0.225 e. The van der Waals surface area contributed by atoms with Crippen LogP contribution in [0, 0.1) is 0 Å². The molecule has 0 aliphatic rings. The highest BCUT2D eigenvalue weighted by molar-refractivity contribution is 9.11. The van der Waals surface area contributed by atoms with E-state index in [1.807, 2.05) is 18.2 Å². The quantitative estimate of drug-likeness (QED) is 0.827. The van der Waals surface area contributed by atoms with E-state index < -0.39 is 0 Å². The molecule has 0 aliphatic carbocycles. The molecule has 1 heterocycles. The van der Waals surface area contributed by atoms with E-state index >= 15 is 0 Å². The number of halogens is 2. The van der Waals surface area contributed by atoms with E-state index in [1.54, 1.807) is 14.2 Å². The van der Waals surface area contributed by atoms with Gasteiger partial charge < -0.3 is 14.8 Å². The zero-order valence-electron chi connectivity index (χ0n) is 11.0. The van der Waals surface area contributed by atoms with Crippen molar-refractivity contribution in [3.63, 3.8) is 0 Å². The molecule has 2 rings (SSSR count). The van der Waals surface area contributed by atoms with Crippen LogP contribution < -0.4 is 14.8 Å². The molecule has 0 aliphatic heterocycles. The average Bonchev–Trinajstić information content (AvgIpc) is 2.46. The molecule has 20 heavy (non-hydrogen) atoms. The van der Waals surface area contributed by atoms with E-state index in [1.165, 1.54) is 6.33 Å². The molecule has 0 radical (unpaired) electrons. The predicted octanol–water partition coefficient (Wildman–Crippen LogP) is 3.63. The van der Waals surface area contributed by atoms with Gasteiger partial charge in [0.2, 0.25) is 11.8 Å². The standard InChI is InChI=1S/C13H13Br2N3O2/c1-19-12-9(13(20-2)18-7-17-12)6-16-11-4-3-8(14)5-10(11)15/h3-5,7,16H,6H2,1-2H3. The van der Waals surface area contributed by atoms with Gasteiger partial charge in [-0.3, -0.25) is 0 Å². The van der Waals surface area contributed by atoms with Gasteiger partial charge in [0.25, 0.3) is 0 Å². The number of benzene rings is 1. The van der Waals surface area contributed by atoms with E-state index in [0.717, 1.165) is 20.2 Å². The molecule has 0 atom stereocenters. The van der Waals surface area contributed by atoms with Gasteiger partial charge in [-0.15, -0.1) is 0 Å². The molecule has 0 amide bonds. The first-order chi connectivity index (χ1) is 9.65. The second-order valence-corrected chi connectivity index (χ2v) is 5.62. The van der Waals surface area contributed by atoms with Crippen LogP contribution in [-0.4, -0.2) is 24.2 Å². The lowest BCUT2D eigenvalue weighted by Gasteiger charge is -2.13.